The Kier molecular flexibility index (Phi) is 4.96. The number of hydrogen-bond acceptors (Lipinski definition) is 4. The molecule has 0 saturated heterocycles. The van der Waals surface area contributed by atoms with E-state index in [0.717, 1.165) is 23.9 Å². The second kappa shape index (κ2) is 6.54. The minimum Gasteiger partial charge on any atom is -0.318 e. The zero-order valence-corrected chi connectivity index (χ0v) is 13.8. The summed E-state index contributed by atoms with van der Waals surface area (Å²) in [5.41, 5.74) is 1.05. The molecular weight excluding hydrogens is 285 g/mol. The van der Waals surface area contributed by atoms with Gasteiger partial charge in [-0.3, -0.25) is 0 Å². The van der Waals surface area contributed by atoms with Gasteiger partial charge in [-0.2, -0.15) is 0 Å². The molecule has 0 unspecified atom stereocenters. The molecular formula is C16H22FN3S. The normalized spacial score (nSPS) is 11.7. The molecule has 0 aliphatic carbocycles. The van der Waals surface area contributed by atoms with Gasteiger partial charge in [-0.1, -0.05) is 0 Å². The minimum absolute atomic E-state index is 0.0888. The zero-order chi connectivity index (χ0) is 15.5. The van der Waals surface area contributed by atoms with Gasteiger partial charge < -0.3 is 10.2 Å². The molecule has 114 valence electrons. The summed E-state index contributed by atoms with van der Waals surface area (Å²) in [6.07, 6.45) is 1.91. The van der Waals surface area contributed by atoms with Crippen LogP contribution in [0.4, 0.5) is 15.2 Å². The molecule has 1 heterocycles. The maximum Gasteiger partial charge on any atom is 0.190 e. The molecule has 0 saturated carbocycles. The summed E-state index contributed by atoms with van der Waals surface area (Å²) in [5.74, 6) is -0.219. The molecule has 0 spiro atoms. The Morgan fingerprint density at radius 3 is 2.48 bits per heavy atom. The molecule has 2 rings (SSSR count). The average molecular weight is 307 g/mol. The molecule has 0 fully saturated rings. The van der Waals surface area contributed by atoms with Crippen molar-refractivity contribution in [2.75, 3.05) is 11.4 Å². The lowest BCUT2D eigenvalue weighted by molar-refractivity contribution is 0.426. The number of nitrogens with one attached hydrogen (secondary N) is 1. The quantitative estimate of drug-likeness (QED) is 0.891. The van der Waals surface area contributed by atoms with Gasteiger partial charge in [0.1, 0.15) is 5.82 Å². The fourth-order valence-corrected chi connectivity index (χ4v) is 2.84. The third-order valence-corrected chi connectivity index (χ3v) is 4.04. The number of anilines is 2. The molecule has 3 nitrogen and oxygen atoms in total. The van der Waals surface area contributed by atoms with Crippen molar-refractivity contribution >= 4 is 22.2 Å². The highest BCUT2D eigenvalue weighted by Crippen LogP contribution is 2.29. The van der Waals surface area contributed by atoms with Crippen LogP contribution in [0.3, 0.4) is 0 Å². The molecule has 2 aromatic rings. The summed E-state index contributed by atoms with van der Waals surface area (Å²) in [7, 11) is 0. The Balaban J connectivity index is 2.12. The fourth-order valence-electron chi connectivity index (χ4n) is 1.91. The number of halogens is 1. The summed E-state index contributed by atoms with van der Waals surface area (Å²) in [6, 6.07) is 6.53. The van der Waals surface area contributed by atoms with Crippen molar-refractivity contribution in [2.24, 2.45) is 0 Å². The second-order valence-electron chi connectivity index (χ2n) is 5.93. The monoisotopic (exact) mass is 307 g/mol. The van der Waals surface area contributed by atoms with E-state index in [4.69, 9.17) is 0 Å². The molecule has 1 aromatic carbocycles. The van der Waals surface area contributed by atoms with Crippen LogP contribution in [0, 0.1) is 5.82 Å². The van der Waals surface area contributed by atoms with Gasteiger partial charge in [0.2, 0.25) is 0 Å². The van der Waals surface area contributed by atoms with Crippen LogP contribution in [-0.2, 0) is 6.54 Å². The van der Waals surface area contributed by atoms with E-state index in [1.807, 2.05) is 6.20 Å². The molecule has 0 aliphatic heterocycles. The minimum atomic E-state index is -0.219. The number of benzene rings is 1. The van der Waals surface area contributed by atoms with Gasteiger partial charge in [0.05, 0.1) is 0 Å². The van der Waals surface area contributed by atoms with E-state index in [0.29, 0.717) is 0 Å². The number of nitrogens with zero attached hydrogens (tertiary/aromatic N) is 2. The molecule has 0 amide bonds. The number of thiazole rings is 1. The van der Waals surface area contributed by atoms with Crippen molar-refractivity contribution in [3.63, 3.8) is 0 Å². The highest BCUT2D eigenvalue weighted by atomic mass is 32.1. The zero-order valence-electron chi connectivity index (χ0n) is 13.0. The third kappa shape index (κ3) is 4.51. The number of rotatable bonds is 5. The molecule has 1 aromatic heterocycles. The lowest BCUT2D eigenvalue weighted by Crippen LogP contribution is -2.34. The van der Waals surface area contributed by atoms with Crippen LogP contribution >= 0.6 is 11.3 Å². The Hall–Kier alpha value is -1.46. The van der Waals surface area contributed by atoms with Gasteiger partial charge in [0.15, 0.2) is 5.13 Å². The smallest absolute Gasteiger partial charge is 0.190 e. The van der Waals surface area contributed by atoms with Crippen LogP contribution in [0.1, 0.15) is 32.6 Å². The van der Waals surface area contributed by atoms with Crippen molar-refractivity contribution in [3.8, 4) is 0 Å². The van der Waals surface area contributed by atoms with Crippen molar-refractivity contribution in [2.45, 2.75) is 39.8 Å². The Morgan fingerprint density at radius 1 is 1.24 bits per heavy atom. The van der Waals surface area contributed by atoms with Crippen molar-refractivity contribution in [1.29, 1.82) is 0 Å². The van der Waals surface area contributed by atoms with Crippen LogP contribution in [0.5, 0.6) is 0 Å². The van der Waals surface area contributed by atoms with Crippen LogP contribution in [0.15, 0.2) is 30.5 Å². The van der Waals surface area contributed by atoms with E-state index in [-0.39, 0.29) is 11.4 Å². The van der Waals surface area contributed by atoms with E-state index in [1.165, 1.54) is 17.0 Å². The van der Waals surface area contributed by atoms with Gasteiger partial charge in [-0.15, -0.1) is 11.3 Å². The Labute approximate surface area is 129 Å². The van der Waals surface area contributed by atoms with Crippen LogP contribution < -0.4 is 10.2 Å². The van der Waals surface area contributed by atoms with E-state index >= 15 is 0 Å². The molecule has 0 radical (unpaired) electrons. The summed E-state index contributed by atoms with van der Waals surface area (Å²) in [5, 5.41) is 4.40. The summed E-state index contributed by atoms with van der Waals surface area (Å²) >= 11 is 1.66. The van der Waals surface area contributed by atoms with Crippen LogP contribution in [-0.4, -0.2) is 17.1 Å². The summed E-state index contributed by atoms with van der Waals surface area (Å²) < 4.78 is 13.0. The highest BCUT2D eigenvalue weighted by Gasteiger charge is 2.14. The Bertz CT molecular complexity index is 572. The first-order valence-electron chi connectivity index (χ1n) is 7.12. The predicted molar refractivity (Wildman–Crippen MR) is 87.8 cm³/mol. The van der Waals surface area contributed by atoms with E-state index in [9.17, 15) is 4.39 Å². The van der Waals surface area contributed by atoms with Gasteiger partial charge in [0.25, 0.3) is 0 Å². The molecule has 0 atom stereocenters. The molecule has 0 aliphatic rings. The number of hydrogen-bond donors (Lipinski definition) is 1. The van der Waals surface area contributed by atoms with Gasteiger partial charge in [0, 0.05) is 35.4 Å². The average Bonchev–Trinajstić information content (AvgIpc) is 2.87. The Morgan fingerprint density at radius 2 is 1.90 bits per heavy atom. The second-order valence-corrected chi connectivity index (χ2v) is 7.03. The summed E-state index contributed by atoms with van der Waals surface area (Å²) in [4.78, 5) is 7.78. The largest absolute Gasteiger partial charge is 0.318 e. The van der Waals surface area contributed by atoms with Crippen molar-refractivity contribution < 1.29 is 4.39 Å². The molecule has 1 N–H and O–H groups in total. The fraction of sp³-hybridized carbons (Fsp3) is 0.438. The number of aromatic nitrogens is 1. The first-order valence-corrected chi connectivity index (χ1v) is 7.93. The van der Waals surface area contributed by atoms with E-state index in [1.54, 1.807) is 23.5 Å². The maximum atomic E-state index is 13.0. The molecule has 0 bridgehead atoms. The topological polar surface area (TPSA) is 28.2 Å². The third-order valence-electron chi connectivity index (χ3n) is 3.02. The highest BCUT2D eigenvalue weighted by molar-refractivity contribution is 7.15. The molecule has 21 heavy (non-hydrogen) atoms. The predicted octanol–water partition coefficient (Wildman–Crippen LogP) is 4.33. The van der Waals surface area contributed by atoms with Crippen molar-refractivity contribution in [3.05, 3.63) is 41.2 Å². The first kappa shape index (κ1) is 15.9. The van der Waals surface area contributed by atoms with Gasteiger partial charge >= 0.3 is 0 Å². The van der Waals surface area contributed by atoms with Crippen LogP contribution in [0.25, 0.3) is 0 Å². The van der Waals surface area contributed by atoms with Crippen LogP contribution in [0.2, 0.25) is 0 Å². The molecule has 5 heteroatoms. The lowest BCUT2D eigenvalue weighted by Gasteiger charge is -2.20. The maximum absolute atomic E-state index is 13.0. The first-order chi connectivity index (χ1) is 9.89. The SMILES string of the molecule is CCN(c1ccc(F)cc1)c1ncc(CNC(C)(C)C)s1. The standard InChI is InChI=1S/C16H22FN3S/c1-5-20(13-8-6-12(17)7-9-13)15-18-10-14(21-15)11-19-16(2,3)4/h6-10,19H,5,11H2,1-4H3. The summed E-state index contributed by atoms with van der Waals surface area (Å²) in [6.45, 7) is 10.1. The van der Waals surface area contributed by atoms with Gasteiger partial charge in [-0.05, 0) is 52.0 Å². The lowest BCUT2D eigenvalue weighted by atomic mass is 10.1. The van der Waals surface area contributed by atoms with E-state index < -0.39 is 0 Å². The van der Waals surface area contributed by atoms with Crippen molar-refractivity contribution in [1.82, 2.24) is 10.3 Å². The van der Waals surface area contributed by atoms with E-state index in [2.05, 4.69) is 42.9 Å². The van der Waals surface area contributed by atoms with Gasteiger partial charge in [-0.25, -0.2) is 9.37 Å².